The highest BCUT2D eigenvalue weighted by molar-refractivity contribution is 8.00. The van der Waals surface area contributed by atoms with E-state index >= 15 is 0 Å². The molecule has 5 N–H and O–H groups in total. The first-order valence-electron chi connectivity index (χ1n) is 8.83. The summed E-state index contributed by atoms with van der Waals surface area (Å²) in [6.45, 7) is 2.46. The third kappa shape index (κ3) is 10.4. The summed E-state index contributed by atoms with van der Waals surface area (Å²) in [5.41, 5.74) is 1.38. The molecule has 0 atom stereocenters. The van der Waals surface area contributed by atoms with Crippen molar-refractivity contribution in [3.63, 3.8) is 0 Å². The molecule has 0 aliphatic rings. The van der Waals surface area contributed by atoms with E-state index in [1.807, 2.05) is 12.2 Å². The molecule has 0 aromatic heterocycles. The average molecular weight is 393 g/mol. The summed E-state index contributed by atoms with van der Waals surface area (Å²) in [4.78, 5) is 16.4. The van der Waals surface area contributed by atoms with Gasteiger partial charge in [0.2, 0.25) is 0 Å². The summed E-state index contributed by atoms with van der Waals surface area (Å²) in [5.74, 6) is 0.836. The van der Waals surface area contributed by atoms with Gasteiger partial charge in [0.15, 0.2) is 0 Å². The van der Waals surface area contributed by atoms with Crippen LogP contribution in [0, 0.1) is 0 Å². The Hall–Kier alpha value is -2.29. The highest BCUT2D eigenvalue weighted by atomic mass is 32.2. The number of aliphatic imine (C=N–C) groups is 1. The van der Waals surface area contributed by atoms with Crippen LogP contribution in [0.5, 0.6) is 0 Å². The third-order valence-corrected chi connectivity index (χ3v) is 3.94. The van der Waals surface area contributed by atoms with Crippen molar-refractivity contribution in [1.29, 1.82) is 0 Å². The van der Waals surface area contributed by atoms with E-state index in [4.69, 9.17) is 10.2 Å². The van der Waals surface area contributed by atoms with E-state index in [1.54, 1.807) is 30.3 Å². The zero-order chi connectivity index (χ0) is 19.7. The molecular weight excluding hydrogens is 364 g/mol. The van der Waals surface area contributed by atoms with E-state index in [2.05, 4.69) is 27.3 Å². The van der Waals surface area contributed by atoms with Crippen LogP contribution in [0.3, 0.4) is 0 Å². The molecular formula is C19H28N4O3S. The number of hydrogen-bond acceptors (Lipinski definition) is 6. The molecule has 27 heavy (non-hydrogen) atoms. The van der Waals surface area contributed by atoms with Gasteiger partial charge in [0.25, 0.3) is 5.91 Å². The molecule has 0 saturated carbocycles. The standard InChI is InChI=1S/C19H28N4O3S/c1-2-3-4-5-6-18(21-15-20-11-12-24)22-19(26)16-7-9-17(10-8-16)23-27-14-13-25/h4-10,15,23-25H,2-3,11-14H2,1H3,(H,20,21)(H,22,26)/b5-4-,18-6+. The fraction of sp³-hybridized carbons (Fsp3) is 0.368. The Morgan fingerprint density at radius 1 is 1.22 bits per heavy atom. The Bertz CT molecular complexity index is 630. The molecule has 0 spiro atoms. The molecule has 8 heteroatoms. The highest BCUT2D eigenvalue weighted by Gasteiger charge is 2.07. The Labute approximate surface area is 164 Å². The van der Waals surface area contributed by atoms with Crippen LogP contribution in [0.2, 0.25) is 0 Å². The number of allylic oxidation sites excluding steroid dienone is 3. The Morgan fingerprint density at radius 2 is 2.00 bits per heavy atom. The maximum atomic E-state index is 12.4. The van der Waals surface area contributed by atoms with Crippen molar-refractivity contribution < 1.29 is 15.0 Å². The predicted octanol–water partition coefficient (Wildman–Crippen LogP) is 2.28. The molecule has 0 unspecified atom stereocenters. The lowest BCUT2D eigenvalue weighted by atomic mass is 10.2. The average Bonchev–Trinajstić information content (AvgIpc) is 2.69. The Morgan fingerprint density at radius 3 is 2.67 bits per heavy atom. The second-order valence-corrected chi connectivity index (χ2v) is 6.31. The van der Waals surface area contributed by atoms with Crippen LogP contribution < -0.4 is 15.4 Å². The van der Waals surface area contributed by atoms with Gasteiger partial charge < -0.3 is 25.6 Å². The normalized spacial score (nSPS) is 11.9. The molecule has 1 rings (SSSR count). The Balaban J connectivity index is 2.70. The van der Waals surface area contributed by atoms with E-state index in [0.717, 1.165) is 18.5 Å². The van der Waals surface area contributed by atoms with Crippen molar-refractivity contribution in [2.24, 2.45) is 4.99 Å². The van der Waals surface area contributed by atoms with E-state index in [0.29, 0.717) is 23.7 Å². The summed E-state index contributed by atoms with van der Waals surface area (Å²) in [6, 6.07) is 7.06. The van der Waals surface area contributed by atoms with Gasteiger partial charge in [-0.3, -0.25) is 9.79 Å². The van der Waals surface area contributed by atoms with Crippen LogP contribution in [0.25, 0.3) is 0 Å². The van der Waals surface area contributed by atoms with Crippen molar-refractivity contribution >= 4 is 29.9 Å². The van der Waals surface area contributed by atoms with E-state index < -0.39 is 0 Å². The van der Waals surface area contributed by atoms with E-state index in [9.17, 15) is 4.79 Å². The second-order valence-electron chi connectivity index (χ2n) is 5.41. The van der Waals surface area contributed by atoms with E-state index in [1.165, 1.54) is 18.3 Å². The van der Waals surface area contributed by atoms with Crippen molar-refractivity contribution in [2.75, 3.05) is 30.2 Å². The fourth-order valence-electron chi connectivity index (χ4n) is 1.85. The molecule has 0 saturated heterocycles. The first-order chi connectivity index (χ1) is 13.2. The molecule has 0 bridgehead atoms. The van der Waals surface area contributed by atoms with Gasteiger partial charge in [0.05, 0.1) is 26.1 Å². The number of nitrogens with one attached hydrogen (secondary N) is 3. The third-order valence-electron chi connectivity index (χ3n) is 3.17. The second kappa shape index (κ2) is 14.8. The number of benzene rings is 1. The number of carbonyl (C=O) groups excluding carboxylic acids is 1. The van der Waals surface area contributed by atoms with Crippen LogP contribution in [0.15, 0.2) is 53.3 Å². The smallest absolute Gasteiger partial charge is 0.256 e. The summed E-state index contributed by atoms with van der Waals surface area (Å²) < 4.78 is 3.09. The van der Waals surface area contributed by atoms with Crippen molar-refractivity contribution in [1.82, 2.24) is 10.6 Å². The van der Waals surface area contributed by atoms with Crippen LogP contribution >= 0.6 is 11.9 Å². The van der Waals surface area contributed by atoms with Gasteiger partial charge in [-0.15, -0.1) is 0 Å². The molecule has 148 valence electrons. The molecule has 0 aliphatic heterocycles. The summed E-state index contributed by atoms with van der Waals surface area (Å²) in [6.07, 6.45) is 9.11. The minimum Gasteiger partial charge on any atom is -0.395 e. The lowest BCUT2D eigenvalue weighted by molar-refractivity contribution is 0.0964. The minimum absolute atomic E-state index is 0.0308. The lowest BCUT2D eigenvalue weighted by Gasteiger charge is -2.10. The molecule has 1 aromatic carbocycles. The molecule has 0 fully saturated rings. The number of amides is 1. The number of unbranched alkanes of at least 4 members (excludes halogenated alkanes) is 1. The van der Waals surface area contributed by atoms with Crippen LogP contribution in [-0.2, 0) is 0 Å². The number of anilines is 1. The van der Waals surface area contributed by atoms with Crippen LogP contribution in [0.1, 0.15) is 30.1 Å². The van der Waals surface area contributed by atoms with Gasteiger partial charge >= 0.3 is 0 Å². The number of carbonyl (C=O) groups is 1. The Kier molecular flexibility index (Phi) is 12.5. The highest BCUT2D eigenvalue weighted by Crippen LogP contribution is 2.14. The van der Waals surface area contributed by atoms with Gasteiger partial charge in [0, 0.05) is 17.0 Å². The minimum atomic E-state index is -0.247. The van der Waals surface area contributed by atoms with Gasteiger partial charge in [-0.25, -0.2) is 0 Å². The first kappa shape index (κ1) is 22.8. The van der Waals surface area contributed by atoms with Crippen LogP contribution in [-0.4, -0.2) is 48.0 Å². The van der Waals surface area contributed by atoms with Crippen molar-refractivity contribution in [3.8, 4) is 0 Å². The molecule has 0 aliphatic carbocycles. The predicted molar refractivity (Wildman–Crippen MR) is 113 cm³/mol. The fourth-order valence-corrected chi connectivity index (χ4v) is 2.35. The molecule has 1 aromatic rings. The summed E-state index contributed by atoms with van der Waals surface area (Å²) in [5, 5.41) is 23.3. The van der Waals surface area contributed by atoms with E-state index in [-0.39, 0.29) is 19.1 Å². The van der Waals surface area contributed by atoms with Gasteiger partial charge in [-0.05, 0) is 36.8 Å². The van der Waals surface area contributed by atoms with Gasteiger partial charge in [-0.2, -0.15) is 0 Å². The lowest BCUT2D eigenvalue weighted by Crippen LogP contribution is -2.31. The molecule has 0 radical (unpaired) electrons. The van der Waals surface area contributed by atoms with Crippen LogP contribution in [0.4, 0.5) is 5.69 Å². The summed E-state index contributed by atoms with van der Waals surface area (Å²) in [7, 11) is 0. The van der Waals surface area contributed by atoms with Crippen molar-refractivity contribution in [3.05, 3.63) is 53.9 Å². The monoisotopic (exact) mass is 392 g/mol. The SMILES string of the molecule is CCC/C=C\C=C(/NC=NCCO)NC(=O)c1ccc(NSCCO)cc1. The zero-order valence-electron chi connectivity index (χ0n) is 15.5. The number of hydrogen-bond donors (Lipinski definition) is 5. The number of nitrogens with zero attached hydrogens (tertiary/aromatic N) is 1. The molecule has 0 heterocycles. The topological polar surface area (TPSA) is 106 Å². The quantitative estimate of drug-likeness (QED) is 0.116. The van der Waals surface area contributed by atoms with Gasteiger partial charge in [-0.1, -0.05) is 37.4 Å². The zero-order valence-corrected chi connectivity index (χ0v) is 16.3. The summed E-state index contributed by atoms with van der Waals surface area (Å²) >= 11 is 1.40. The number of aliphatic hydroxyl groups is 2. The molecule has 7 nitrogen and oxygen atoms in total. The maximum Gasteiger partial charge on any atom is 0.256 e. The molecule has 1 amide bonds. The van der Waals surface area contributed by atoms with Crippen molar-refractivity contribution in [2.45, 2.75) is 19.8 Å². The largest absolute Gasteiger partial charge is 0.395 e. The number of aliphatic hydroxyl groups excluding tert-OH is 2. The first-order valence-corrected chi connectivity index (χ1v) is 9.82. The maximum absolute atomic E-state index is 12.4. The number of rotatable bonds is 13. The van der Waals surface area contributed by atoms with Gasteiger partial charge in [0.1, 0.15) is 5.82 Å².